The zero-order valence-electron chi connectivity index (χ0n) is 7.55. The molecule has 68 valence electrons. The summed E-state index contributed by atoms with van der Waals surface area (Å²) in [6.07, 6.45) is 1.32. The highest BCUT2D eigenvalue weighted by Gasteiger charge is 2.07. The van der Waals surface area contributed by atoms with E-state index in [0.29, 0.717) is 13.0 Å². The van der Waals surface area contributed by atoms with Gasteiger partial charge in [0, 0.05) is 13.5 Å². The van der Waals surface area contributed by atoms with E-state index in [2.05, 4.69) is 10.6 Å². The van der Waals surface area contributed by atoms with Gasteiger partial charge in [-0.15, -0.1) is 0 Å². The minimum atomic E-state index is -0.173. The van der Waals surface area contributed by atoms with E-state index in [1.54, 1.807) is 14.0 Å². The Balaban J connectivity index is 3.38. The van der Waals surface area contributed by atoms with Crippen molar-refractivity contribution in [1.82, 2.24) is 10.6 Å². The molecule has 0 saturated carbocycles. The van der Waals surface area contributed by atoms with Crippen molar-refractivity contribution in [3.05, 3.63) is 0 Å². The molecule has 1 unspecified atom stereocenters. The molecule has 0 aromatic rings. The molecule has 0 saturated heterocycles. The number of rotatable bonds is 5. The molecule has 2 N–H and O–H groups in total. The van der Waals surface area contributed by atoms with Gasteiger partial charge in [-0.1, -0.05) is 0 Å². The Morgan fingerprint density at radius 3 is 2.83 bits per heavy atom. The highest BCUT2D eigenvalue weighted by molar-refractivity contribution is 5.80. The molecule has 1 amide bonds. The topological polar surface area (TPSA) is 64.9 Å². The van der Waals surface area contributed by atoms with Crippen LogP contribution in [0.4, 0.5) is 0 Å². The lowest BCUT2D eigenvalue weighted by Gasteiger charge is -2.10. The maximum atomic E-state index is 10.9. The Kier molecular flexibility index (Phi) is 6.02. The first kappa shape index (κ1) is 10.9. The summed E-state index contributed by atoms with van der Waals surface area (Å²) in [4.78, 5) is 10.9. The predicted molar refractivity (Wildman–Crippen MR) is 46.4 cm³/mol. The van der Waals surface area contributed by atoms with Crippen LogP contribution in [0.1, 0.15) is 19.8 Å². The van der Waals surface area contributed by atoms with E-state index in [1.165, 1.54) is 0 Å². The van der Waals surface area contributed by atoms with Crippen LogP contribution >= 0.6 is 0 Å². The van der Waals surface area contributed by atoms with Crippen LogP contribution in [0.5, 0.6) is 0 Å². The fourth-order valence-electron chi connectivity index (χ4n) is 0.795. The highest BCUT2D eigenvalue weighted by atomic mass is 16.2. The van der Waals surface area contributed by atoms with E-state index < -0.39 is 0 Å². The molecule has 1 atom stereocenters. The fraction of sp³-hybridized carbons (Fsp3) is 0.750. The third-order valence-electron chi connectivity index (χ3n) is 1.56. The number of hydrogen-bond acceptors (Lipinski definition) is 3. The summed E-state index contributed by atoms with van der Waals surface area (Å²) < 4.78 is 0. The van der Waals surface area contributed by atoms with Gasteiger partial charge in [0.05, 0.1) is 12.1 Å². The minimum Gasteiger partial charge on any atom is -0.358 e. The average Bonchev–Trinajstić information content (AvgIpc) is 2.10. The number of nitrogens with zero attached hydrogens (tertiary/aromatic N) is 1. The number of nitrogens with one attached hydrogen (secondary N) is 2. The van der Waals surface area contributed by atoms with Crippen molar-refractivity contribution in [2.24, 2.45) is 0 Å². The molecule has 4 heteroatoms. The lowest BCUT2D eigenvalue weighted by Crippen LogP contribution is -2.40. The Morgan fingerprint density at radius 2 is 2.33 bits per heavy atom. The lowest BCUT2D eigenvalue weighted by molar-refractivity contribution is -0.122. The third kappa shape index (κ3) is 4.69. The second-order valence-electron chi connectivity index (χ2n) is 2.55. The average molecular weight is 169 g/mol. The molecule has 0 aliphatic carbocycles. The molecule has 0 radical (unpaired) electrons. The first-order chi connectivity index (χ1) is 5.72. The van der Waals surface area contributed by atoms with E-state index in [1.807, 2.05) is 6.07 Å². The Bertz CT molecular complexity index is 174. The summed E-state index contributed by atoms with van der Waals surface area (Å²) in [6, 6.07) is 1.87. The van der Waals surface area contributed by atoms with E-state index in [9.17, 15) is 4.79 Å². The van der Waals surface area contributed by atoms with Gasteiger partial charge in [-0.2, -0.15) is 5.26 Å². The van der Waals surface area contributed by atoms with Crippen LogP contribution in [0, 0.1) is 11.3 Å². The van der Waals surface area contributed by atoms with Gasteiger partial charge in [-0.05, 0) is 19.9 Å². The third-order valence-corrected chi connectivity index (χ3v) is 1.56. The van der Waals surface area contributed by atoms with Gasteiger partial charge in [0.2, 0.25) is 5.91 Å². The summed E-state index contributed by atoms with van der Waals surface area (Å²) in [6.45, 7) is 2.51. The van der Waals surface area contributed by atoms with Gasteiger partial charge >= 0.3 is 0 Å². The molecule has 0 spiro atoms. The highest BCUT2D eigenvalue weighted by Crippen LogP contribution is 1.86. The minimum absolute atomic E-state index is 0.0213. The molecule has 0 bridgehead atoms. The van der Waals surface area contributed by atoms with E-state index in [-0.39, 0.29) is 11.9 Å². The van der Waals surface area contributed by atoms with Crippen molar-refractivity contribution >= 4 is 5.91 Å². The predicted octanol–water partition coefficient (Wildman–Crippen LogP) is 0.0143. The Hall–Kier alpha value is -1.08. The smallest absolute Gasteiger partial charge is 0.236 e. The quantitative estimate of drug-likeness (QED) is 0.570. The molecule has 4 nitrogen and oxygen atoms in total. The molecule has 0 aliphatic rings. The molecule has 0 heterocycles. The number of unbranched alkanes of at least 4 members (excludes halogenated alkanes) is 1. The van der Waals surface area contributed by atoms with Gasteiger partial charge in [0.25, 0.3) is 0 Å². The maximum absolute atomic E-state index is 10.9. The van der Waals surface area contributed by atoms with Gasteiger partial charge in [-0.25, -0.2) is 0 Å². The van der Waals surface area contributed by atoms with Gasteiger partial charge < -0.3 is 10.6 Å². The lowest BCUT2D eigenvalue weighted by atomic mass is 10.3. The number of carbonyl (C=O) groups is 1. The number of amides is 1. The first-order valence-electron chi connectivity index (χ1n) is 4.04. The standard InChI is InChI=1S/C8H15N3O/c1-7(8(12)10-2)11-6-4-3-5-9/h7,11H,3-4,6H2,1-2H3,(H,10,12). The van der Waals surface area contributed by atoms with Gasteiger partial charge in [0.1, 0.15) is 0 Å². The van der Waals surface area contributed by atoms with Crippen molar-refractivity contribution < 1.29 is 4.79 Å². The largest absolute Gasteiger partial charge is 0.358 e. The van der Waals surface area contributed by atoms with E-state index in [0.717, 1.165) is 6.42 Å². The molecular formula is C8H15N3O. The van der Waals surface area contributed by atoms with Gasteiger partial charge in [-0.3, -0.25) is 4.79 Å². The van der Waals surface area contributed by atoms with Crippen LogP contribution < -0.4 is 10.6 Å². The first-order valence-corrected chi connectivity index (χ1v) is 4.04. The SMILES string of the molecule is CNC(=O)C(C)NCCCC#N. The van der Waals surface area contributed by atoms with Crippen molar-refractivity contribution in [3.63, 3.8) is 0 Å². The summed E-state index contributed by atoms with van der Waals surface area (Å²) in [5.74, 6) is -0.0213. The monoisotopic (exact) mass is 169 g/mol. The van der Waals surface area contributed by atoms with Crippen LogP contribution in [-0.2, 0) is 4.79 Å². The molecule has 0 aromatic heterocycles. The van der Waals surface area contributed by atoms with Crippen molar-refractivity contribution in [1.29, 1.82) is 5.26 Å². The number of likely N-dealkylation sites (N-methyl/N-ethyl adjacent to an activating group) is 1. The number of carbonyl (C=O) groups excluding carboxylic acids is 1. The fourth-order valence-corrected chi connectivity index (χ4v) is 0.795. The van der Waals surface area contributed by atoms with Crippen LogP contribution in [0.15, 0.2) is 0 Å². The summed E-state index contributed by atoms with van der Waals surface area (Å²) >= 11 is 0. The second kappa shape index (κ2) is 6.62. The molecule has 0 aliphatic heterocycles. The maximum Gasteiger partial charge on any atom is 0.236 e. The molecular weight excluding hydrogens is 154 g/mol. The normalized spacial score (nSPS) is 11.8. The Morgan fingerprint density at radius 1 is 1.67 bits per heavy atom. The second-order valence-corrected chi connectivity index (χ2v) is 2.55. The van der Waals surface area contributed by atoms with Crippen molar-refractivity contribution in [2.75, 3.05) is 13.6 Å². The summed E-state index contributed by atoms with van der Waals surface area (Å²) in [5.41, 5.74) is 0. The van der Waals surface area contributed by atoms with E-state index >= 15 is 0 Å². The van der Waals surface area contributed by atoms with E-state index in [4.69, 9.17) is 5.26 Å². The van der Waals surface area contributed by atoms with Crippen molar-refractivity contribution in [3.8, 4) is 6.07 Å². The zero-order chi connectivity index (χ0) is 9.40. The summed E-state index contributed by atoms with van der Waals surface area (Å²) in [5, 5.41) is 13.8. The van der Waals surface area contributed by atoms with Crippen LogP contribution in [0.2, 0.25) is 0 Å². The van der Waals surface area contributed by atoms with Crippen LogP contribution in [-0.4, -0.2) is 25.5 Å². The zero-order valence-corrected chi connectivity index (χ0v) is 7.55. The number of hydrogen-bond donors (Lipinski definition) is 2. The van der Waals surface area contributed by atoms with Crippen LogP contribution in [0.3, 0.4) is 0 Å². The number of nitriles is 1. The molecule has 0 rings (SSSR count). The molecule has 12 heavy (non-hydrogen) atoms. The molecule has 0 aromatic carbocycles. The Labute approximate surface area is 72.9 Å². The summed E-state index contributed by atoms with van der Waals surface area (Å²) in [7, 11) is 1.61. The molecule has 0 fully saturated rings. The van der Waals surface area contributed by atoms with Crippen molar-refractivity contribution in [2.45, 2.75) is 25.8 Å². The van der Waals surface area contributed by atoms with Crippen LogP contribution in [0.25, 0.3) is 0 Å². The van der Waals surface area contributed by atoms with Gasteiger partial charge in [0.15, 0.2) is 0 Å².